The summed E-state index contributed by atoms with van der Waals surface area (Å²) in [5.41, 5.74) is 1.45. The van der Waals surface area contributed by atoms with Gasteiger partial charge in [0.15, 0.2) is 0 Å². The molecule has 0 saturated carbocycles. The first kappa shape index (κ1) is 17.1. The van der Waals surface area contributed by atoms with Gasteiger partial charge in [-0.1, -0.05) is 11.6 Å². The molecule has 0 spiro atoms. The van der Waals surface area contributed by atoms with Gasteiger partial charge in [0.1, 0.15) is 23.8 Å². The van der Waals surface area contributed by atoms with Crippen molar-refractivity contribution < 1.29 is 14.3 Å². The van der Waals surface area contributed by atoms with E-state index in [1.54, 1.807) is 30.0 Å². The number of nitrogens with zero attached hydrogens (tertiary/aromatic N) is 2. The standard InChI is InChI=1S/C18H18ClN3O3/c1-24-15-3-5-16(6-4-15)25-9-8-20-18(23)10-14-12-22-11-13(19)2-7-17(22)21-14/h2-7,11-12H,8-10H2,1H3,(H,20,23). The molecule has 3 aromatic rings. The van der Waals surface area contributed by atoms with Gasteiger partial charge in [-0.25, -0.2) is 4.98 Å². The molecule has 0 atom stereocenters. The van der Waals surface area contributed by atoms with Crippen molar-refractivity contribution in [3.63, 3.8) is 0 Å². The summed E-state index contributed by atoms with van der Waals surface area (Å²) in [6, 6.07) is 10.9. The summed E-state index contributed by atoms with van der Waals surface area (Å²) in [4.78, 5) is 16.4. The van der Waals surface area contributed by atoms with E-state index < -0.39 is 0 Å². The molecule has 0 saturated heterocycles. The Bertz CT molecular complexity index is 862. The lowest BCUT2D eigenvalue weighted by Gasteiger charge is -2.08. The van der Waals surface area contributed by atoms with Crippen LogP contribution in [0.5, 0.6) is 11.5 Å². The second-order valence-electron chi connectivity index (χ2n) is 5.40. The maximum Gasteiger partial charge on any atom is 0.226 e. The Morgan fingerprint density at radius 3 is 2.68 bits per heavy atom. The van der Waals surface area contributed by atoms with Crippen molar-refractivity contribution in [2.24, 2.45) is 0 Å². The lowest BCUT2D eigenvalue weighted by molar-refractivity contribution is -0.120. The van der Waals surface area contributed by atoms with Crippen molar-refractivity contribution in [1.82, 2.24) is 14.7 Å². The number of fused-ring (bicyclic) bond motifs is 1. The summed E-state index contributed by atoms with van der Waals surface area (Å²) >= 11 is 5.94. The molecule has 0 bridgehead atoms. The third-order valence-corrected chi connectivity index (χ3v) is 3.78. The van der Waals surface area contributed by atoms with Gasteiger partial charge in [0.05, 0.1) is 30.8 Å². The minimum absolute atomic E-state index is 0.104. The van der Waals surface area contributed by atoms with Crippen LogP contribution in [-0.4, -0.2) is 35.6 Å². The van der Waals surface area contributed by atoms with Gasteiger partial charge in [-0.15, -0.1) is 0 Å². The maximum absolute atomic E-state index is 12.0. The Balaban J connectivity index is 1.44. The van der Waals surface area contributed by atoms with Crippen LogP contribution in [0.1, 0.15) is 5.69 Å². The molecule has 0 aliphatic heterocycles. The van der Waals surface area contributed by atoms with Gasteiger partial charge < -0.3 is 19.2 Å². The number of carbonyl (C=O) groups excluding carboxylic acids is 1. The predicted octanol–water partition coefficient (Wildman–Crippen LogP) is 2.73. The van der Waals surface area contributed by atoms with Gasteiger partial charge in [0.2, 0.25) is 5.91 Å². The molecule has 1 N–H and O–H groups in total. The first-order valence-electron chi connectivity index (χ1n) is 7.81. The van der Waals surface area contributed by atoms with Gasteiger partial charge in [0, 0.05) is 12.4 Å². The van der Waals surface area contributed by atoms with Gasteiger partial charge >= 0.3 is 0 Å². The number of imidazole rings is 1. The van der Waals surface area contributed by atoms with Crippen LogP contribution in [0.2, 0.25) is 5.02 Å². The third kappa shape index (κ3) is 4.64. The molecule has 1 amide bonds. The summed E-state index contributed by atoms with van der Waals surface area (Å²) < 4.78 is 12.4. The minimum atomic E-state index is -0.104. The normalized spacial score (nSPS) is 10.6. The van der Waals surface area contributed by atoms with E-state index in [-0.39, 0.29) is 12.3 Å². The molecule has 1 aromatic carbocycles. The molecule has 0 fully saturated rings. The largest absolute Gasteiger partial charge is 0.497 e. The number of hydrogen-bond acceptors (Lipinski definition) is 4. The van der Waals surface area contributed by atoms with Crippen LogP contribution in [0.25, 0.3) is 5.65 Å². The van der Waals surface area contributed by atoms with Crippen LogP contribution < -0.4 is 14.8 Å². The molecule has 2 heterocycles. The van der Waals surface area contributed by atoms with Gasteiger partial charge in [-0.05, 0) is 36.4 Å². The number of carbonyl (C=O) groups is 1. The predicted molar refractivity (Wildman–Crippen MR) is 95.4 cm³/mol. The fourth-order valence-electron chi connectivity index (χ4n) is 2.36. The number of aromatic nitrogens is 2. The molecule has 0 unspecified atom stereocenters. The lowest BCUT2D eigenvalue weighted by Crippen LogP contribution is -2.29. The Morgan fingerprint density at radius 1 is 1.16 bits per heavy atom. The highest BCUT2D eigenvalue weighted by Crippen LogP contribution is 2.16. The zero-order chi connectivity index (χ0) is 17.6. The lowest BCUT2D eigenvalue weighted by atomic mass is 10.3. The van der Waals surface area contributed by atoms with Crippen LogP contribution in [0.4, 0.5) is 0 Å². The number of methoxy groups -OCH3 is 1. The number of ether oxygens (including phenoxy) is 2. The van der Waals surface area contributed by atoms with E-state index in [0.29, 0.717) is 23.9 Å². The first-order chi connectivity index (χ1) is 12.1. The fourth-order valence-corrected chi connectivity index (χ4v) is 2.53. The second-order valence-corrected chi connectivity index (χ2v) is 5.83. The van der Waals surface area contributed by atoms with Crippen LogP contribution in [0.15, 0.2) is 48.8 Å². The van der Waals surface area contributed by atoms with Crippen LogP contribution in [0, 0.1) is 0 Å². The molecule has 0 aliphatic carbocycles. The topological polar surface area (TPSA) is 64.9 Å². The van der Waals surface area contributed by atoms with Crippen molar-refractivity contribution in [1.29, 1.82) is 0 Å². The monoisotopic (exact) mass is 359 g/mol. The van der Waals surface area contributed by atoms with Crippen LogP contribution in [-0.2, 0) is 11.2 Å². The van der Waals surface area contributed by atoms with Crippen LogP contribution in [0.3, 0.4) is 0 Å². The van der Waals surface area contributed by atoms with Crippen molar-refractivity contribution in [3.05, 3.63) is 59.5 Å². The number of benzene rings is 1. The average molecular weight is 360 g/mol. The summed E-state index contributed by atoms with van der Waals surface area (Å²) in [6.45, 7) is 0.808. The summed E-state index contributed by atoms with van der Waals surface area (Å²) in [5, 5.41) is 3.44. The second kappa shape index (κ2) is 7.90. The molecular formula is C18H18ClN3O3. The molecule has 25 heavy (non-hydrogen) atoms. The molecule has 7 heteroatoms. The van der Waals surface area contributed by atoms with Crippen molar-refractivity contribution >= 4 is 23.2 Å². The summed E-state index contributed by atoms with van der Waals surface area (Å²) in [7, 11) is 1.61. The summed E-state index contributed by atoms with van der Waals surface area (Å²) in [6.07, 6.45) is 3.77. The highest BCUT2D eigenvalue weighted by Gasteiger charge is 2.07. The molecule has 0 radical (unpaired) electrons. The molecule has 2 aromatic heterocycles. The van der Waals surface area contributed by atoms with E-state index in [1.165, 1.54) is 0 Å². The minimum Gasteiger partial charge on any atom is -0.497 e. The first-order valence-corrected chi connectivity index (χ1v) is 8.18. The SMILES string of the molecule is COc1ccc(OCCNC(=O)Cc2cn3cc(Cl)ccc3n2)cc1. The number of rotatable bonds is 7. The van der Waals surface area contributed by atoms with E-state index >= 15 is 0 Å². The Labute approximate surface area is 150 Å². The molecule has 3 rings (SSSR count). The van der Waals surface area contributed by atoms with Crippen LogP contribution >= 0.6 is 11.6 Å². The third-order valence-electron chi connectivity index (χ3n) is 3.56. The summed E-state index contributed by atoms with van der Waals surface area (Å²) in [5.74, 6) is 1.40. The maximum atomic E-state index is 12.0. The Kier molecular flexibility index (Phi) is 5.40. The number of amides is 1. The number of nitrogens with one attached hydrogen (secondary N) is 1. The quantitative estimate of drug-likeness (QED) is 0.659. The van der Waals surface area contributed by atoms with Crippen molar-refractivity contribution in [3.8, 4) is 11.5 Å². The van der Waals surface area contributed by atoms with E-state index in [4.69, 9.17) is 21.1 Å². The zero-order valence-electron chi connectivity index (χ0n) is 13.7. The highest BCUT2D eigenvalue weighted by atomic mass is 35.5. The smallest absolute Gasteiger partial charge is 0.226 e. The van der Waals surface area contributed by atoms with E-state index in [2.05, 4.69) is 10.3 Å². The highest BCUT2D eigenvalue weighted by molar-refractivity contribution is 6.30. The molecule has 0 aliphatic rings. The van der Waals surface area contributed by atoms with E-state index in [0.717, 1.165) is 17.1 Å². The van der Waals surface area contributed by atoms with Gasteiger partial charge in [0.25, 0.3) is 0 Å². The fraction of sp³-hybridized carbons (Fsp3) is 0.222. The average Bonchev–Trinajstić information content (AvgIpc) is 3.00. The van der Waals surface area contributed by atoms with Gasteiger partial charge in [-0.3, -0.25) is 4.79 Å². The molecule has 130 valence electrons. The van der Waals surface area contributed by atoms with E-state index in [9.17, 15) is 4.79 Å². The Hall–Kier alpha value is -2.73. The zero-order valence-corrected chi connectivity index (χ0v) is 14.5. The molecule has 6 nitrogen and oxygen atoms in total. The number of hydrogen-bond donors (Lipinski definition) is 1. The molecular weight excluding hydrogens is 342 g/mol. The van der Waals surface area contributed by atoms with Crippen molar-refractivity contribution in [2.75, 3.05) is 20.3 Å². The number of halogens is 1. The van der Waals surface area contributed by atoms with E-state index in [1.807, 2.05) is 30.3 Å². The van der Waals surface area contributed by atoms with Crippen molar-refractivity contribution in [2.45, 2.75) is 6.42 Å². The van der Waals surface area contributed by atoms with Gasteiger partial charge in [-0.2, -0.15) is 0 Å². The number of pyridine rings is 1. The Morgan fingerprint density at radius 2 is 1.92 bits per heavy atom.